The Kier molecular flexibility index (Phi) is 4.80. The lowest BCUT2D eigenvalue weighted by Crippen LogP contribution is -2.19. The number of carbonyl (C=O) groups is 1. The van der Waals surface area contributed by atoms with Gasteiger partial charge in [-0.3, -0.25) is 9.59 Å². The molecule has 1 fully saturated rings. The lowest BCUT2D eigenvalue weighted by Gasteiger charge is -2.07. The SMILES string of the molecule is CC(CCc1c(C)[nH]c2ccccc2c1=O)=NN=C1NC(=O)CS1. The lowest BCUT2D eigenvalue weighted by molar-refractivity contribution is -0.116. The Morgan fingerprint density at radius 3 is 2.83 bits per heavy atom. The lowest BCUT2D eigenvalue weighted by atomic mass is 10.0. The predicted octanol–water partition coefficient (Wildman–Crippen LogP) is 2.36. The monoisotopic (exact) mass is 342 g/mol. The van der Waals surface area contributed by atoms with Gasteiger partial charge < -0.3 is 10.3 Å². The number of aryl methyl sites for hydroxylation is 1. The van der Waals surface area contributed by atoms with E-state index in [1.54, 1.807) is 0 Å². The average Bonchev–Trinajstić information content (AvgIpc) is 2.98. The van der Waals surface area contributed by atoms with Crippen LogP contribution in [-0.2, 0) is 11.2 Å². The van der Waals surface area contributed by atoms with Crippen LogP contribution in [0.5, 0.6) is 0 Å². The number of amides is 1. The zero-order chi connectivity index (χ0) is 17.1. The Hall–Kier alpha value is -2.41. The van der Waals surface area contributed by atoms with Crippen LogP contribution < -0.4 is 10.7 Å². The molecular weight excluding hydrogens is 324 g/mol. The number of hydrogen-bond acceptors (Lipinski definition) is 5. The molecule has 124 valence electrons. The molecule has 0 unspecified atom stereocenters. The Morgan fingerprint density at radius 2 is 2.08 bits per heavy atom. The summed E-state index contributed by atoms with van der Waals surface area (Å²) in [6, 6.07) is 7.52. The second kappa shape index (κ2) is 7.00. The molecule has 2 N–H and O–H groups in total. The van der Waals surface area contributed by atoms with E-state index in [9.17, 15) is 9.59 Å². The molecular formula is C17H18N4O2S. The average molecular weight is 342 g/mol. The van der Waals surface area contributed by atoms with Crippen LogP contribution in [-0.4, -0.2) is 27.5 Å². The quantitative estimate of drug-likeness (QED) is 0.660. The first-order valence-corrected chi connectivity index (χ1v) is 8.67. The molecule has 0 aliphatic carbocycles. The smallest absolute Gasteiger partial charge is 0.236 e. The number of H-pyrrole nitrogens is 1. The van der Waals surface area contributed by atoms with Gasteiger partial charge in [-0.05, 0) is 38.8 Å². The van der Waals surface area contributed by atoms with Crippen molar-refractivity contribution in [3.63, 3.8) is 0 Å². The van der Waals surface area contributed by atoms with Crippen LogP contribution in [0.2, 0.25) is 0 Å². The number of amidine groups is 1. The molecule has 1 aliphatic rings. The van der Waals surface area contributed by atoms with Crippen LogP contribution >= 0.6 is 11.8 Å². The third-order valence-electron chi connectivity index (χ3n) is 3.86. The summed E-state index contributed by atoms with van der Waals surface area (Å²) in [6.07, 6.45) is 1.24. The summed E-state index contributed by atoms with van der Waals surface area (Å²) in [5.74, 6) is 0.337. The molecule has 0 atom stereocenters. The van der Waals surface area contributed by atoms with Crippen molar-refractivity contribution < 1.29 is 4.79 Å². The number of pyridine rings is 1. The number of aromatic amines is 1. The van der Waals surface area contributed by atoms with Crippen LogP contribution in [0, 0.1) is 6.92 Å². The van der Waals surface area contributed by atoms with Gasteiger partial charge in [-0.2, -0.15) is 5.10 Å². The van der Waals surface area contributed by atoms with Crippen LogP contribution in [0.25, 0.3) is 10.9 Å². The van der Waals surface area contributed by atoms with E-state index >= 15 is 0 Å². The molecule has 1 aromatic heterocycles. The third kappa shape index (κ3) is 3.56. The molecule has 0 bridgehead atoms. The van der Waals surface area contributed by atoms with E-state index in [2.05, 4.69) is 20.5 Å². The van der Waals surface area contributed by atoms with Gasteiger partial charge in [0.05, 0.1) is 5.75 Å². The Labute approximate surface area is 143 Å². The predicted molar refractivity (Wildman–Crippen MR) is 98.8 cm³/mol. The van der Waals surface area contributed by atoms with Crippen molar-refractivity contribution in [2.24, 2.45) is 10.2 Å². The maximum atomic E-state index is 12.6. The number of hydrogen-bond donors (Lipinski definition) is 2. The molecule has 24 heavy (non-hydrogen) atoms. The normalized spacial score (nSPS) is 16.8. The van der Waals surface area contributed by atoms with Crippen molar-refractivity contribution in [1.29, 1.82) is 0 Å². The maximum Gasteiger partial charge on any atom is 0.236 e. The zero-order valence-corrected chi connectivity index (χ0v) is 14.4. The molecule has 0 radical (unpaired) electrons. The molecule has 6 nitrogen and oxygen atoms in total. The number of rotatable bonds is 4. The summed E-state index contributed by atoms with van der Waals surface area (Å²) in [5, 5.41) is 12.0. The number of carbonyl (C=O) groups excluding carboxylic acids is 1. The highest BCUT2D eigenvalue weighted by Gasteiger charge is 2.16. The van der Waals surface area contributed by atoms with Crippen molar-refractivity contribution in [1.82, 2.24) is 10.3 Å². The standard InChI is InChI=1S/C17H18N4O2S/c1-10(20-21-17-19-15(22)9-24-17)7-8-12-11(2)18-14-6-4-3-5-13(14)16(12)23/h3-6H,7-9H2,1-2H3,(H,18,23)(H,19,21,22). The first-order chi connectivity index (χ1) is 11.5. The highest BCUT2D eigenvalue weighted by atomic mass is 32.2. The van der Waals surface area contributed by atoms with Crippen molar-refractivity contribution in [3.05, 3.63) is 45.7 Å². The summed E-state index contributed by atoms with van der Waals surface area (Å²) < 4.78 is 0. The Morgan fingerprint density at radius 1 is 1.29 bits per heavy atom. The van der Waals surface area contributed by atoms with Crippen LogP contribution in [0.1, 0.15) is 24.6 Å². The van der Waals surface area contributed by atoms with Crippen LogP contribution in [0.15, 0.2) is 39.3 Å². The fourth-order valence-corrected chi connectivity index (χ4v) is 3.19. The van der Waals surface area contributed by atoms with E-state index in [1.165, 1.54) is 11.8 Å². The van der Waals surface area contributed by atoms with Crippen molar-refractivity contribution in [2.45, 2.75) is 26.7 Å². The van der Waals surface area contributed by atoms with Gasteiger partial charge >= 0.3 is 0 Å². The molecule has 2 heterocycles. The summed E-state index contributed by atoms with van der Waals surface area (Å²) in [6.45, 7) is 3.79. The Bertz CT molecular complexity index is 914. The molecule has 0 spiro atoms. The zero-order valence-electron chi connectivity index (χ0n) is 13.5. The molecule has 1 amide bonds. The van der Waals surface area contributed by atoms with Gasteiger partial charge in [0, 0.05) is 27.9 Å². The minimum absolute atomic E-state index is 0.0510. The van der Waals surface area contributed by atoms with Gasteiger partial charge in [-0.1, -0.05) is 23.9 Å². The summed E-state index contributed by atoms with van der Waals surface area (Å²) >= 11 is 1.34. The third-order valence-corrected chi connectivity index (χ3v) is 4.72. The summed E-state index contributed by atoms with van der Waals surface area (Å²) in [4.78, 5) is 27.0. The molecule has 3 rings (SSSR count). The summed E-state index contributed by atoms with van der Waals surface area (Å²) in [7, 11) is 0. The van der Waals surface area contributed by atoms with E-state index in [4.69, 9.17) is 0 Å². The van der Waals surface area contributed by atoms with E-state index in [0.717, 1.165) is 22.5 Å². The van der Waals surface area contributed by atoms with E-state index in [0.29, 0.717) is 29.1 Å². The molecule has 2 aromatic rings. The van der Waals surface area contributed by atoms with Gasteiger partial charge in [0.15, 0.2) is 10.6 Å². The van der Waals surface area contributed by atoms with Gasteiger partial charge in [0.25, 0.3) is 0 Å². The minimum atomic E-state index is -0.0510. The molecule has 0 saturated carbocycles. The van der Waals surface area contributed by atoms with E-state index in [1.807, 2.05) is 38.1 Å². The second-order valence-corrected chi connectivity index (χ2v) is 6.64. The molecule has 1 saturated heterocycles. The van der Waals surface area contributed by atoms with E-state index < -0.39 is 0 Å². The topological polar surface area (TPSA) is 86.7 Å². The number of nitrogens with zero attached hydrogens (tertiary/aromatic N) is 2. The highest BCUT2D eigenvalue weighted by Crippen LogP contribution is 2.13. The number of nitrogens with one attached hydrogen (secondary N) is 2. The van der Waals surface area contributed by atoms with Crippen molar-refractivity contribution in [2.75, 3.05) is 5.75 Å². The molecule has 1 aliphatic heterocycles. The van der Waals surface area contributed by atoms with E-state index in [-0.39, 0.29) is 11.3 Å². The van der Waals surface area contributed by atoms with Crippen LogP contribution in [0.4, 0.5) is 0 Å². The molecule has 7 heteroatoms. The number of benzene rings is 1. The maximum absolute atomic E-state index is 12.6. The minimum Gasteiger partial charge on any atom is -0.358 e. The van der Waals surface area contributed by atoms with Crippen molar-refractivity contribution >= 4 is 39.5 Å². The Balaban J connectivity index is 1.76. The van der Waals surface area contributed by atoms with Gasteiger partial charge in [0.1, 0.15) is 0 Å². The largest absolute Gasteiger partial charge is 0.358 e. The van der Waals surface area contributed by atoms with Gasteiger partial charge in [-0.25, -0.2) is 0 Å². The van der Waals surface area contributed by atoms with Gasteiger partial charge in [0.2, 0.25) is 5.91 Å². The number of aromatic nitrogens is 1. The molecule has 1 aromatic carbocycles. The second-order valence-electron chi connectivity index (χ2n) is 5.68. The summed E-state index contributed by atoms with van der Waals surface area (Å²) in [5.41, 5.74) is 3.40. The number of fused-ring (bicyclic) bond motifs is 1. The highest BCUT2D eigenvalue weighted by molar-refractivity contribution is 8.15. The first-order valence-electron chi connectivity index (χ1n) is 7.69. The fourth-order valence-electron chi connectivity index (χ4n) is 2.57. The first kappa shape index (κ1) is 16.4. The fraction of sp³-hybridized carbons (Fsp3) is 0.294. The number of thioether (sulfide) groups is 1. The van der Waals surface area contributed by atoms with Gasteiger partial charge in [-0.15, -0.1) is 5.10 Å². The number of para-hydroxylation sites is 1. The van der Waals surface area contributed by atoms with Crippen LogP contribution in [0.3, 0.4) is 0 Å². The van der Waals surface area contributed by atoms with Crippen molar-refractivity contribution in [3.8, 4) is 0 Å².